The van der Waals surface area contributed by atoms with Gasteiger partial charge >= 0.3 is 0 Å². The molecule has 6 nitrogen and oxygen atoms in total. The summed E-state index contributed by atoms with van der Waals surface area (Å²) in [5, 5.41) is 5.65. The summed E-state index contributed by atoms with van der Waals surface area (Å²) in [5.41, 5.74) is 1.86. The number of amides is 1. The van der Waals surface area contributed by atoms with Gasteiger partial charge in [0.05, 0.1) is 11.6 Å². The first kappa shape index (κ1) is 21.5. The average Bonchev–Trinajstić information content (AvgIpc) is 3.19. The molecule has 0 radical (unpaired) electrons. The van der Waals surface area contributed by atoms with Crippen LogP contribution in [0.5, 0.6) is 5.75 Å². The van der Waals surface area contributed by atoms with Crippen molar-refractivity contribution in [2.24, 2.45) is 5.92 Å². The van der Waals surface area contributed by atoms with Crippen molar-refractivity contribution in [1.29, 1.82) is 0 Å². The highest BCUT2D eigenvalue weighted by Crippen LogP contribution is 2.27. The summed E-state index contributed by atoms with van der Waals surface area (Å²) in [6, 6.07) is 7.78. The molecule has 29 heavy (non-hydrogen) atoms. The Morgan fingerprint density at radius 3 is 2.93 bits per heavy atom. The summed E-state index contributed by atoms with van der Waals surface area (Å²) in [4.78, 5) is 21.9. The second-order valence-electron chi connectivity index (χ2n) is 7.59. The summed E-state index contributed by atoms with van der Waals surface area (Å²) < 4.78 is 5.51. The van der Waals surface area contributed by atoms with Gasteiger partial charge in [0.15, 0.2) is 5.13 Å². The second kappa shape index (κ2) is 10.5. The minimum atomic E-state index is 0.0274. The molecule has 2 heterocycles. The van der Waals surface area contributed by atoms with Crippen LogP contribution in [0.15, 0.2) is 42.3 Å². The number of carbonyl (C=O) groups is 1. The lowest BCUT2D eigenvalue weighted by Gasteiger charge is -2.32. The Hall–Kier alpha value is -2.22. The molecule has 2 aromatic rings. The summed E-state index contributed by atoms with van der Waals surface area (Å²) >= 11 is 1.46. The molecule has 0 bridgehead atoms. The molecular weight excluding hydrogens is 384 g/mol. The molecule has 0 spiro atoms. The molecule has 1 amide bonds. The van der Waals surface area contributed by atoms with Gasteiger partial charge < -0.3 is 19.9 Å². The molecule has 1 aromatic carbocycles. The van der Waals surface area contributed by atoms with E-state index in [4.69, 9.17) is 4.74 Å². The molecule has 1 aromatic heterocycles. The van der Waals surface area contributed by atoms with E-state index in [1.165, 1.54) is 11.3 Å². The molecule has 1 saturated heterocycles. The van der Waals surface area contributed by atoms with Gasteiger partial charge in [0.2, 0.25) is 5.91 Å². The summed E-state index contributed by atoms with van der Waals surface area (Å²) in [6.07, 6.45) is 3.72. The van der Waals surface area contributed by atoms with E-state index in [1.807, 2.05) is 29.6 Å². The fourth-order valence-electron chi connectivity index (χ4n) is 3.36. The molecule has 3 rings (SSSR count). The van der Waals surface area contributed by atoms with Crippen molar-refractivity contribution < 1.29 is 9.53 Å². The summed E-state index contributed by atoms with van der Waals surface area (Å²) in [7, 11) is 4.16. The van der Waals surface area contributed by atoms with Gasteiger partial charge in [-0.3, -0.25) is 4.79 Å². The monoisotopic (exact) mass is 414 g/mol. The van der Waals surface area contributed by atoms with Crippen LogP contribution >= 0.6 is 11.3 Å². The Bertz CT molecular complexity index is 803. The Morgan fingerprint density at radius 2 is 2.21 bits per heavy atom. The molecule has 7 heteroatoms. The summed E-state index contributed by atoms with van der Waals surface area (Å²) in [6.45, 7) is 8.05. The number of likely N-dealkylation sites (tertiary alicyclic amines) is 1. The van der Waals surface area contributed by atoms with Gasteiger partial charge in [-0.15, -0.1) is 11.3 Å². The van der Waals surface area contributed by atoms with Gasteiger partial charge in [-0.2, -0.15) is 0 Å². The topological polar surface area (TPSA) is 57.7 Å². The quantitative estimate of drug-likeness (QED) is 0.636. The molecule has 0 saturated carbocycles. The zero-order valence-electron chi connectivity index (χ0n) is 17.3. The number of aromatic nitrogens is 1. The van der Waals surface area contributed by atoms with Crippen LogP contribution in [0, 0.1) is 5.92 Å². The number of benzene rings is 1. The van der Waals surface area contributed by atoms with E-state index in [1.54, 1.807) is 6.08 Å². The van der Waals surface area contributed by atoms with E-state index in [9.17, 15) is 4.79 Å². The lowest BCUT2D eigenvalue weighted by Crippen LogP contribution is -2.43. The van der Waals surface area contributed by atoms with Gasteiger partial charge in [0.1, 0.15) is 12.4 Å². The molecule has 1 fully saturated rings. The minimum absolute atomic E-state index is 0.0274. The average molecular weight is 415 g/mol. The van der Waals surface area contributed by atoms with Crippen molar-refractivity contribution in [3.63, 3.8) is 0 Å². The number of ether oxygens (including phenoxy) is 1. The maximum absolute atomic E-state index is 12.7. The number of piperidine rings is 1. The predicted octanol–water partition coefficient (Wildman–Crippen LogP) is 3.59. The Balaban J connectivity index is 1.55. The third kappa shape index (κ3) is 6.39. The first-order valence-corrected chi connectivity index (χ1v) is 10.9. The normalized spacial score (nSPS) is 17.3. The number of carbonyl (C=O) groups excluding carboxylic acids is 1. The van der Waals surface area contributed by atoms with E-state index < -0.39 is 0 Å². The minimum Gasteiger partial charge on any atom is -0.490 e. The third-order valence-electron chi connectivity index (χ3n) is 4.99. The van der Waals surface area contributed by atoms with Crippen molar-refractivity contribution in [1.82, 2.24) is 14.8 Å². The largest absolute Gasteiger partial charge is 0.490 e. The Kier molecular flexibility index (Phi) is 7.80. The summed E-state index contributed by atoms with van der Waals surface area (Å²) in [5.74, 6) is 0.904. The Morgan fingerprint density at radius 1 is 1.41 bits per heavy atom. The van der Waals surface area contributed by atoms with Gasteiger partial charge in [-0.25, -0.2) is 4.98 Å². The van der Waals surface area contributed by atoms with Crippen molar-refractivity contribution in [3.05, 3.63) is 42.3 Å². The van der Waals surface area contributed by atoms with Crippen molar-refractivity contribution in [3.8, 4) is 17.0 Å². The molecule has 156 valence electrons. The molecular formula is C22H30N4O2S. The first-order chi connectivity index (χ1) is 14.0. The smallest absolute Gasteiger partial charge is 0.230 e. The molecule has 1 atom stereocenters. The number of likely N-dealkylation sites (N-methyl/N-ethyl adjacent to an activating group) is 1. The number of nitrogens with zero attached hydrogens (tertiary/aromatic N) is 3. The number of thiazole rings is 1. The lowest BCUT2D eigenvalue weighted by molar-refractivity contribution is -0.121. The third-order valence-corrected chi connectivity index (χ3v) is 5.75. The van der Waals surface area contributed by atoms with Crippen LogP contribution in [0.3, 0.4) is 0 Å². The fraction of sp³-hybridized carbons (Fsp3) is 0.455. The molecule has 1 unspecified atom stereocenters. The molecule has 1 N–H and O–H groups in total. The lowest BCUT2D eigenvalue weighted by atomic mass is 9.97. The number of anilines is 1. The standard InChI is InChI=1S/C22H30N4O2S/c1-4-14-28-19-9-7-17(8-10-19)20-16-29-22(23-20)24-21(27)18-6-5-11-26(15-18)13-12-25(2)3/h4,7-10,16,18H,1,5-6,11-15H2,2-3H3,(H,23,24,27). The second-order valence-corrected chi connectivity index (χ2v) is 8.45. The van der Waals surface area contributed by atoms with Crippen LogP contribution in [0.4, 0.5) is 5.13 Å². The molecule has 1 aliphatic heterocycles. The number of hydrogen-bond acceptors (Lipinski definition) is 6. The number of hydrogen-bond donors (Lipinski definition) is 1. The van der Waals surface area contributed by atoms with E-state index in [0.717, 1.165) is 56.0 Å². The van der Waals surface area contributed by atoms with Crippen LogP contribution in [0.25, 0.3) is 11.3 Å². The highest BCUT2D eigenvalue weighted by Gasteiger charge is 2.26. The highest BCUT2D eigenvalue weighted by atomic mass is 32.1. The predicted molar refractivity (Wildman–Crippen MR) is 120 cm³/mol. The maximum atomic E-state index is 12.7. The SMILES string of the molecule is C=CCOc1ccc(-c2csc(NC(=O)C3CCCN(CCN(C)C)C3)n2)cc1. The highest BCUT2D eigenvalue weighted by molar-refractivity contribution is 7.14. The van der Waals surface area contributed by atoms with Gasteiger partial charge in [-0.05, 0) is 57.7 Å². The molecule has 0 aliphatic carbocycles. The zero-order valence-corrected chi connectivity index (χ0v) is 18.1. The van der Waals surface area contributed by atoms with Crippen LogP contribution in [0.2, 0.25) is 0 Å². The van der Waals surface area contributed by atoms with Gasteiger partial charge in [-0.1, -0.05) is 12.7 Å². The van der Waals surface area contributed by atoms with E-state index in [-0.39, 0.29) is 11.8 Å². The van der Waals surface area contributed by atoms with Crippen LogP contribution < -0.4 is 10.1 Å². The van der Waals surface area contributed by atoms with E-state index in [2.05, 4.69) is 40.8 Å². The number of rotatable bonds is 9. The zero-order chi connectivity index (χ0) is 20.6. The van der Waals surface area contributed by atoms with Gasteiger partial charge in [0, 0.05) is 30.6 Å². The van der Waals surface area contributed by atoms with E-state index in [0.29, 0.717) is 11.7 Å². The number of nitrogens with one attached hydrogen (secondary N) is 1. The molecule has 1 aliphatic rings. The van der Waals surface area contributed by atoms with Crippen molar-refractivity contribution >= 4 is 22.4 Å². The van der Waals surface area contributed by atoms with Gasteiger partial charge in [0.25, 0.3) is 0 Å². The first-order valence-electron chi connectivity index (χ1n) is 10.0. The van der Waals surface area contributed by atoms with Crippen molar-refractivity contribution in [2.75, 3.05) is 52.2 Å². The van der Waals surface area contributed by atoms with Crippen LogP contribution in [0.1, 0.15) is 12.8 Å². The van der Waals surface area contributed by atoms with Crippen LogP contribution in [-0.2, 0) is 4.79 Å². The van der Waals surface area contributed by atoms with E-state index >= 15 is 0 Å². The Labute approximate surface area is 177 Å². The maximum Gasteiger partial charge on any atom is 0.230 e. The fourth-order valence-corrected chi connectivity index (χ4v) is 4.08. The van der Waals surface area contributed by atoms with Crippen LogP contribution in [-0.4, -0.2) is 67.6 Å². The van der Waals surface area contributed by atoms with Crippen molar-refractivity contribution in [2.45, 2.75) is 12.8 Å².